The summed E-state index contributed by atoms with van der Waals surface area (Å²) in [7, 11) is 0. The van der Waals surface area contributed by atoms with Gasteiger partial charge < -0.3 is 16.0 Å². The number of halogens is 1. The number of likely N-dealkylation sites (tertiary alicyclic amines) is 1. The summed E-state index contributed by atoms with van der Waals surface area (Å²) in [5.41, 5.74) is 6.47. The summed E-state index contributed by atoms with van der Waals surface area (Å²) in [5.74, 6) is -0.178. The number of hydrogen-bond acceptors (Lipinski definition) is 4. The van der Waals surface area contributed by atoms with Gasteiger partial charge in [-0.25, -0.2) is 0 Å². The fourth-order valence-electron chi connectivity index (χ4n) is 3.09. The van der Waals surface area contributed by atoms with E-state index in [1.165, 1.54) is 11.3 Å². The number of nitrogens with one attached hydrogen (secondary N) is 1. The molecule has 1 atom stereocenters. The molecule has 7 heteroatoms. The first-order valence-electron chi connectivity index (χ1n) is 8.71. The largest absolute Gasteiger partial charge is 0.355 e. The van der Waals surface area contributed by atoms with Crippen molar-refractivity contribution < 1.29 is 9.59 Å². The Balaban J connectivity index is 1.67. The highest BCUT2D eigenvalue weighted by atomic mass is 35.5. The average molecular weight is 392 g/mol. The van der Waals surface area contributed by atoms with Gasteiger partial charge in [-0.3, -0.25) is 9.59 Å². The Morgan fingerprint density at radius 2 is 2.00 bits per heavy atom. The van der Waals surface area contributed by atoms with Gasteiger partial charge in [-0.2, -0.15) is 0 Å². The number of carbonyl (C=O) groups excluding carboxylic acids is 2. The highest BCUT2D eigenvalue weighted by Crippen LogP contribution is 2.30. The maximum absolute atomic E-state index is 12.8. The lowest BCUT2D eigenvalue weighted by atomic mass is 9.97. The Labute approximate surface area is 162 Å². The lowest BCUT2D eigenvalue weighted by Gasteiger charge is -2.31. The van der Waals surface area contributed by atoms with Gasteiger partial charge in [0.2, 0.25) is 5.91 Å². The van der Waals surface area contributed by atoms with Gasteiger partial charge in [0.25, 0.3) is 5.91 Å². The first-order valence-corrected chi connectivity index (χ1v) is 9.91. The SMILES string of the molecule is NCCNC(=O)C1CCCN(C(=O)c2ccc(-c3ccc(Cl)cc3)s2)C1. The van der Waals surface area contributed by atoms with Crippen LogP contribution in [0.5, 0.6) is 0 Å². The lowest BCUT2D eigenvalue weighted by Crippen LogP contribution is -2.46. The van der Waals surface area contributed by atoms with Crippen molar-refractivity contribution in [1.29, 1.82) is 0 Å². The van der Waals surface area contributed by atoms with Crippen molar-refractivity contribution in [2.75, 3.05) is 26.2 Å². The van der Waals surface area contributed by atoms with E-state index in [4.69, 9.17) is 17.3 Å². The summed E-state index contributed by atoms with van der Waals surface area (Å²) < 4.78 is 0. The smallest absolute Gasteiger partial charge is 0.263 e. The number of rotatable bonds is 5. The van der Waals surface area contributed by atoms with E-state index in [-0.39, 0.29) is 17.7 Å². The molecule has 2 aromatic rings. The van der Waals surface area contributed by atoms with Gasteiger partial charge in [0.1, 0.15) is 0 Å². The van der Waals surface area contributed by atoms with Crippen molar-refractivity contribution in [1.82, 2.24) is 10.2 Å². The molecule has 1 saturated heterocycles. The minimum absolute atomic E-state index is 0.00783. The van der Waals surface area contributed by atoms with Gasteiger partial charge in [-0.15, -0.1) is 11.3 Å². The van der Waals surface area contributed by atoms with Crippen molar-refractivity contribution in [2.24, 2.45) is 11.7 Å². The molecule has 1 aliphatic rings. The zero-order chi connectivity index (χ0) is 18.5. The van der Waals surface area contributed by atoms with Crippen LogP contribution in [0.1, 0.15) is 22.5 Å². The summed E-state index contributed by atoms with van der Waals surface area (Å²) >= 11 is 7.40. The van der Waals surface area contributed by atoms with Gasteiger partial charge >= 0.3 is 0 Å². The summed E-state index contributed by atoms with van der Waals surface area (Å²) in [6.45, 7) is 2.04. The molecule has 1 fully saturated rings. The van der Waals surface area contributed by atoms with Crippen LogP contribution in [0.15, 0.2) is 36.4 Å². The summed E-state index contributed by atoms with van der Waals surface area (Å²) in [6.07, 6.45) is 1.64. The van der Waals surface area contributed by atoms with Crippen molar-refractivity contribution in [3.8, 4) is 10.4 Å². The number of benzene rings is 1. The van der Waals surface area contributed by atoms with E-state index < -0.39 is 0 Å². The molecular formula is C19H22ClN3O2S. The molecule has 5 nitrogen and oxygen atoms in total. The molecule has 1 unspecified atom stereocenters. The summed E-state index contributed by atoms with van der Waals surface area (Å²) in [5, 5.41) is 3.51. The van der Waals surface area contributed by atoms with Crippen LogP contribution in [0.25, 0.3) is 10.4 Å². The van der Waals surface area contributed by atoms with Gasteiger partial charge in [-0.1, -0.05) is 23.7 Å². The molecular weight excluding hydrogens is 370 g/mol. The third-order valence-corrected chi connectivity index (χ3v) is 5.84. The van der Waals surface area contributed by atoms with Crippen molar-refractivity contribution in [3.05, 3.63) is 46.3 Å². The highest BCUT2D eigenvalue weighted by molar-refractivity contribution is 7.17. The number of carbonyl (C=O) groups is 2. The Hall–Kier alpha value is -1.89. The topological polar surface area (TPSA) is 75.4 Å². The summed E-state index contributed by atoms with van der Waals surface area (Å²) in [4.78, 5) is 28.5. The van der Waals surface area contributed by atoms with E-state index in [1.807, 2.05) is 36.4 Å². The predicted molar refractivity (Wildman–Crippen MR) is 105 cm³/mol. The van der Waals surface area contributed by atoms with Crippen molar-refractivity contribution >= 4 is 34.8 Å². The molecule has 3 N–H and O–H groups in total. The van der Waals surface area contributed by atoms with Crippen LogP contribution >= 0.6 is 22.9 Å². The molecule has 3 rings (SSSR count). The molecule has 0 spiro atoms. The molecule has 138 valence electrons. The third-order valence-electron chi connectivity index (χ3n) is 4.47. The van der Waals surface area contributed by atoms with Gasteiger partial charge in [0.05, 0.1) is 10.8 Å². The summed E-state index contributed by atoms with van der Waals surface area (Å²) in [6, 6.07) is 11.4. The zero-order valence-electron chi connectivity index (χ0n) is 14.4. The molecule has 2 amide bonds. The van der Waals surface area contributed by atoms with Crippen molar-refractivity contribution in [3.63, 3.8) is 0 Å². The minimum Gasteiger partial charge on any atom is -0.355 e. The molecule has 0 radical (unpaired) electrons. The van der Waals surface area contributed by atoms with E-state index >= 15 is 0 Å². The number of thiophene rings is 1. The normalized spacial score (nSPS) is 17.2. The molecule has 2 heterocycles. The highest BCUT2D eigenvalue weighted by Gasteiger charge is 2.29. The molecule has 1 aliphatic heterocycles. The molecule has 1 aromatic carbocycles. The maximum Gasteiger partial charge on any atom is 0.263 e. The number of hydrogen-bond donors (Lipinski definition) is 2. The van der Waals surface area contributed by atoms with Crippen molar-refractivity contribution in [2.45, 2.75) is 12.8 Å². The van der Waals surface area contributed by atoms with Crippen LogP contribution in [0, 0.1) is 5.92 Å². The van der Waals surface area contributed by atoms with Gasteiger partial charge in [0, 0.05) is 36.1 Å². The number of nitrogens with two attached hydrogens (primary N) is 1. The molecule has 26 heavy (non-hydrogen) atoms. The monoisotopic (exact) mass is 391 g/mol. The van der Waals surface area contributed by atoms with E-state index in [2.05, 4.69) is 5.32 Å². The second kappa shape index (κ2) is 8.66. The second-order valence-corrected chi connectivity index (χ2v) is 7.86. The van der Waals surface area contributed by atoms with E-state index in [9.17, 15) is 9.59 Å². The van der Waals surface area contributed by atoms with Crippen LogP contribution in [0.3, 0.4) is 0 Å². The van der Waals surface area contributed by atoms with Gasteiger partial charge in [0.15, 0.2) is 0 Å². The third kappa shape index (κ3) is 4.44. The first kappa shape index (κ1) is 18.9. The molecule has 0 saturated carbocycles. The standard InChI is InChI=1S/C19H22ClN3O2S/c20-15-5-3-13(4-6-15)16-7-8-17(26-16)19(25)23-11-1-2-14(12-23)18(24)22-10-9-21/h3-8,14H,1-2,9-12,21H2,(H,22,24). The number of amides is 2. The van der Waals surface area contributed by atoms with Gasteiger partial charge in [-0.05, 0) is 42.7 Å². The lowest BCUT2D eigenvalue weighted by molar-refractivity contribution is -0.126. The number of nitrogens with zero attached hydrogens (tertiary/aromatic N) is 1. The minimum atomic E-state index is -0.157. The Morgan fingerprint density at radius 1 is 1.23 bits per heavy atom. The van der Waals surface area contributed by atoms with Crippen LogP contribution in [0.4, 0.5) is 0 Å². The fraction of sp³-hybridized carbons (Fsp3) is 0.368. The second-order valence-electron chi connectivity index (χ2n) is 6.34. The molecule has 0 bridgehead atoms. The Morgan fingerprint density at radius 3 is 2.73 bits per heavy atom. The maximum atomic E-state index is 12.8. The zero-order valence-corrected chi connectivity index (χ0v) is 16.0. The average Bonchev–Trinajstić information content (AvgIpc) is 3.16. The van der Waals surface area contributed by atoms with E-state index in [1.54, 1.807) is 4.90 Å². The van der Waals surface area contributed by atoms with E-state index in [0.717, 1.165) is 23.3 Å². The molecule has 0 aliphatic carbocycles. The Kier molecular flexibility index (Phi) is 6.29. The first-order chi connectivity index (χ1) is 12.6. The van der Waals surface area contributed by atoms with E-state index in [0.29, 0.717) is 36.1 Å². The van der Waals surface area contributed by atoms with Crippen LogP contribution < -0.4 is 11.1 Å². The quantitative estimate of drug-likeness (QED) is 0.822. The fourth-order valence-corrected chi connectivity index (χ4v) is 4.20. The van der Waals surface area contributed by atoms with Crippen LogP contribution in [-0.4, -0.2) is 42.9 Å². The number of piperidine rings is 1. The van der Waals surface area contributed by atoms with Crippen LogP contribution in [0.2, 0.25) is 5.02 Å². The predicted octanol–water partition coefficient (Wildman–Crippen LogP) is 3.00. The Bertz CT molecular complexity index is 775. The van der Waals surface area contributed by atoms with Crippen LogP contribution in [-0.2, 0) is 4.79 Å². The molecule has 1 aromatic heterocycles.